The van der Waals surface area contributed by atoms with Crippen LogP contribution in [0.4, 0.5) is 0 Å². The molecule has 2 aliphatic rings. The number of rotatable bonds is 3. The van der Waals surface area contributed by atoms with Crippen LogP contribution >= 0.6 is 0 Å². The Labute approximate surface area is 114 Å². The highest BCUT2D eigenvalue weighted by molar-refractivity contribution is 5.02. The second kappa shape index (κ2) is 5.21. The number of aliphatic hydroxyl groups is 1. The molecule has 0 amide bonds. The summed E-state index contributed by atoms with van der Waals surface area (Å²) in [6.45, 7) is 7.57. The quantitative estimate of drug-likeness (QED) is 0.879. The number of aliphatic hydroxyl groups excluding tert-OH is 1. The van der Waals surface area contributed by atoms with Crippen molar-refractivity contribution in [2.75, 3.05) is 13.1 Å². The average Bonchev–Trinajstić information content (AvgIpc) is 2.98. The first-order valence-electron chi connectivity index (χ1n) is 7.46. The van der Waals surface area contributed by atoms with Crippen molar-refractivity contribution in [3.8, 4) is 0 Å². The molecule has 0 aromatic carbocycles. The molecule has 0 spiro atoms. The molecular weight excluding hydrogens is 240 g/mol. The van der Waals surface area contributed by atoms with E-state index in [9.17, 15) is 5.11 Å². The first-order chi connectivity index (χ1) is 9.13. The fourth-order valence-electron chi connectivity index (χ4n) is 3.27. The van der Waals surface area contributed by atoms with E-state index in [1.165, 1.54) is 19.5 Å². The lowest BCUT2D eigenvalue weighted by Crippen LogP contribution is -2.29. The Morgan fingerprint density at radius 2 is 2.11 bits per heavy atom. The summed E-state index contributed by atoms with van der Waals surface area (Å²) in [5.41, 5.74) is 0. The summed E-state index contributed by atoms with van der Waals surface area (Å²) >= 11 is 0. The lowest BCUT2D eigenvalue weighted by Gasteiger charge is -2.22. The molecule has 0 aliphatic carbocycles. The normalized spacial score (nSPS) is 28.0. The van der Waals surface area contributed by atoms with Crippen molar-refractivity contribution >= 4 is 0 Å². The molecule has 106 valence electrons. The van der Waals surface area contributed by atoms with Crippen molar-refractivity contribution in [2.24, 2.45) is 5.92 Å². The molecule has 5 heteroatoms. The van der Waals surface area contributed by atoms with E-state index in [-0.39, 0.29) is 6.10 Å². The number of aromatic nitrogens is 3. The predicted molar refractivity (Wildman–Crippen MR) is 72.9 cm³/mol. The second-order valence-corrected chi connectivity index (χ2v) is 6.28. The van der Waals surface area contributed by atoms with Crippen LogP contribution in [0.15, 0.2) is 0 Å². The van der Waals surface area contributed by atoms with E-state index >= 15 is 0 Å². The molecule has 0 bridgehead atoms. The maximum atomic E-state index is 9.79. The summed E-state index contributed by atoms with van der Waals surface area (Å²) in [7, 11) is 0. The van der Waals surface area contributed by atoms with Crippen molar-refractivity contribution in [3.63, 3.8) is 0 Å². The van der Waals surface area contributed by atoms with Crippen molar-refractivity contribution in [2.45, 2.75) is 58.2 Å². The highest BCUT2D eigenvalue weighted by atomic mass is 16.3. The van der Waals surface area contributed by atoms with Gasteiger partial charge in [0.2, 0.25) is 0 Å². The summed E-state index contributed by atoms with van der Waals surface area (Å²) < 4.78 is 2.15. The third-order valence-electron chi connectivity index (χ3n) is 4.52. The third-order valence-corrected chi connectivity index (χ3v) is 4.52. The number of hydrogen-bond acceptors (Lipinski definition) is 4. The molecule has 0 radical (unpaired) electrons. The number of aryl methyl sites for hydroxylation is 1. The van der Waals surface area contributed by atoms with Crippen LogP contribution in [0.5, 0.6) is 0 Å². The van der Waals surface area contributed by atoms with Gasteiger partial charge in [-0.05, 0) is 39.2 Å². The molecule has 0 saturated carbocycles. The molecule has 2 atom stereocenters. The van der Waals surface area contributed by atoms with Crippen LogP contribution in [0.25, 0.3) is 0 Å². The Hall–Kier alpha value is -0.940. The molecule has 3 heterocycles. The predicted octanol–water partition coefficient (Wildman–Crippen LogP) is 0.858. The van der Waals surface area contributed by atoms with Gasteiger partial charge in [-0.2, -0.15) is 0 Å². The Morgan fingerprint density at radius 1 is 1.26 bits per heavy atom. The third kappa shape index (κ3) is 2.67. The van der Waals surface area contributed by atoms with E-state index in [1.807, 2.05) is 0 Å². The van der Waals surface area contributed by atoms with E-state index < -0.39 is 0 Å². The van der Waals surface area contributed by atoms with Gasteiger partial charge >= 0.3 is 0 Å². The molecular formula is C14H24N4O. The Balaban J connectivity index is 1.66. The zero-order valence-corrected chi connectivity index (χ0v) is 11.9. The van der Waals surface area contributed by atoms with E-state index in [2.05, 4.69) is 33.5 Å². The van der Waals surface area contributed by atoms with Crippen LogP contribution in [-0.2, 0) is 19.4 Å². The fraction of sp³-hybridized carbons (Fsp3) is 0.857. The van der Waals surface area contributed by atoms with Gasteiger partial charge in [-0.25, -0.2) is 0 Å². The topological polar surface area (TPSA) is 54.2 Å². The molecule has 1 saturated heterocycles. The SMILES string of the molecule is CC(C)N1CCC(Cc2nnc3n2CC(O)CC3)C1. The summed E-state index contributed by atoms with van der Waals surface area (Å²) in [6.07, 6.45) is 3.71. The fourth-order valence-corrected chi connectivity index (χ4v) is 3.27. The van der Waals surface area contributed by atoms with Gasteiger partial charge in [0.1, 0.15) is 11.6 Å². The standard InChI is InChI=1S/C14H24N4O/c1-10(2)17-6-5-11(8-17)7-14-16-15-13-4-3-12(19)9-18(13)14/h10-12,19H,3-9H2,1-2H3. The van der Waals surface area contributed by atoms with Crippen LogP contribution in [0.1, 0.15) is 38.3 Å². The molecule has 1 aromatic heterocycles. The summed E-state index contributed by atoms with van der Waals surface area (Å²) in [4.78, 5) is 2.53. The largest absolute Gasteiger partial charge is 0.391 e. The van der Waals surface area contributed by atoms with Crippen LogP contribution < -0.4 is 0 Å². The maximum Gasteiger partial charge on any atom is 0.133 e. The number of fused-ring (bicyclic) bond motifs is 1. The van der Waals surface area contributed by atoms with Gasteiger partial charge in [-0.3, -0.25) is 0 Å². The molecule has 2 unspecified atom stereocenters. The molecule has 1 N–H and O–H groups in total. The van der Waals surface area contributed by atoms with Crippen molar-refractivity contribution < 1.29 is 5.11 Å². The van der Waals surface area contributed by atoms with Gasteiger partial charge in [0.05, 0.1) is 12.6 Å². The minimum absolute atomic E-state index is 0.224. The van der Waals surface area contributed by atoms with Gasteiger partial charge < -0.3 is 14.6 Å². The first-order valence-corrected chi connectivity index (χ1v) is 7.46. The van der Waals surface area contributed by atoms with Gasteiger partial charge in [0.25, 0.3) is 0 Å². The first kappa shape index (κ1) is 13.1. The lowest BCUT2D eigenvalue weighted by atomic mass is 10.0. The van der Waals surface area contributed by atoms with Crippen LogP contribution in [0.3, 0.4) is 0 Å². The lowest BCUT2D eigenvalue weighted by molar-refractivity contribution is 0.128. The molecule has 1 aromatic rings. The van der Waals surface area contributed by atoms with E-state index in [0.29, 0.717) is 18.5 Å². The molecule has 1 fully saturated rings. The van der Waals surface area contributed by atoms with Crippen molar-refractivity contribution in [3.05, 3.63) is 11.6 Å². The zero-order chi connectivity index (χ0) is 13.4. The number of nitrogens with zero attached hydrogens (tertiary/aromatic N) is 4. The molecule has 3 rings (SSSR count). The minimum atomic E-state index is -0.224. The molecule has 19 heavy (non-hydrogen) atoms. The van der Waals surface area contributed by atoms with Crippen LogP contribution in [0, 0.1) is 5.92 Å². The van der Waals surface area contributed by atoms with Crippen LogP contribution in [-0.4, -0.2) is 50.0 Å². The van der Waals surface area contributed by atoms with Gasteiger partial charge in [0, 0.05) is 25.4 Å². The molecule has 2 aliphatic heterocycles. The monoisotopic (exact) mass is 264 g/mol. The van der Waals surface area contributed by atoms with Crippen molar-refractivity contribution in [1.29, 1.82) is 0 Å². The Kier molecular flexibility index (Phi) is 3.58. The Bertz CT molecular complexity index is 443. The summed E-state index contributed by atoms with van der Waals surface area (Å²) in [5.74, 6) is 2.82. The minimum Gasteiger partial charge on any atom is -0.391 e. The zero-order valence-electron chi connectivity index (χ0n) is 11.9. The maximum absolute atomic E-state index is 9.79. The van der Waals surface area contributed by atoms with Gasteiger partial charge in [0.15, 0.2) is 0 Å². The molecule has 5 nitrogen and oxygen atoms in total. The highest BCUT2D eigenvalue weighted by Crippen LogP contribution is 2.23. The highest BCUT2D eigenvalue weighted by Gasteiger charge is 2.27. The van der Waals surface area contributed by atoms with Gasteiger partial charge in [-0.1, -0.05) is 0 Å². The van der Waals surface area contributed by atoms with Crippen molar-refractivity contribution in [1.82, 2.24) is 19.7 Å². The van der Waals surface area contributed by atoms with E-state index in [0.717, 1.165) is 30.9 Å². The average molecular weight is 264 g/mol. The second-order valence-electron chi connectivity index (χ2n) is 6.28. The van der Waals surface area contributed by atoms with Gasteiger partial charge in [-0.15, -0.1) is 10.2 Å². The van der Waals surface area contributed by atoms with Crippen LogP contribution in [0.2, 0.25) is 0 Å². The Morgan fingerprint density at radius 3 is 2.84 bits per heavy atom. The van der Waals surface area contributed by atoms with E-state index in [1.54, 1.807) is 0 Å². The summed E-state index contributed by atoms with van der Waals surface area (Å²) in [6, 6.07) is 0.638. The van der Waals surface area contributed by atoms with E-state index in [4.69, 9.17) is 0 Å². The number of hydrogen-bond donors (Lipinski definition) is 1. The number of likely N-dealkylation sites (tertiary alicyclic amines) is 1. The smallest absolute Gasteiger partial charge is 0.133 e. The summed E-state index contributed by atoms with van der Waals surface area (Å²) in [5, 5.41) is 18.4.